The molecule has 3 N–H and O–H groups in total. The molecule has 2 rings (SSSR count). The van der Waals surface area contributed by atoms with Gasteiger partial charge in [-0.2, -0.15) is 5.10 Å². The van der Waals surface area contributed by atoms with Crippen molar-refractivity contribution < 1.29 is 19.4 Å². The van der Waals surface area contributed by atoms with Crippen LogP contribution in [0.25, 0.3) is 0 Å². The normalized spacial score (nSPS) is 11.8. The SMILES string of the molecule is Cc1ccc(NC(=O)COc2ccc(/C=N\NC(=O)[C@H](C)O)cc2)cc1. The molecule has 0 heterocycles. The second-order valence-electron chi connectivity index (χ2n) is 5.68. The monoisotopic (exact) mass is 355 g/mol. The zero-order valence-corrected chi connectivity index (χ0v) is 14.6. The number of hydrogen-bond donors (Lipinski definition) is 3. The maximum absolute atomic E-state index is 11.9. The van der Waals surface area contributed by atoms with E-state index < -0.39 is 12.0 Å². The fraction of sp³-hybridized carbons (Fsp3) is 0.211. The predicted molar refractivity (Wildman–Crippen MR) is 99.2 cm³/mol. The fourth-order valence-corrected chi connectivity index (χ4v) is 1.90. The van der Waals surface area contributed by atoms with Gasteiger partial charge in [-0.3, -0.25) is 9.59 Å². The van der Waals surface area contributed by atoms with Gasteiger partial charge >= 0.3 is 0 Å². The van der Waals surface area contributed by atoms with Crippen LogP contribution in [0.4, 0.5) is 5.69 Å². The largest absolute Gasteiger partial charge is 0.484 e. The summed E-state index contributed by atoms with van der Waals surface area (Å²) in [6, 6.07) is 14.3. The van der Waals surface area contributed by atoms with Crippen molar-refractivity contribution in [1.29, 1.82) is 0 Å². The maximum atomic E-state index is 11.9. The first-order chi connectivity index (χ1) is 12.4. The van der Waals surface area contributed by atoms with Gasteiger partial charge in [0.15, 0.2) is 6.61 Å². The second-order valence-corrected chi connectivity index (χ2v) is 5.68. The lowest BCUT2D eigenvalue weighted by molar-refractivity contribution is -0.128. The number of aliphatic hydroxyl groups excluding tert-OH is 1. The molecule has 7 heteroatoms. The number of aryl methyl sites for hydroxylation is 1. The standard InChI is InChI=1S/C19H21N3O4/c1-13-3-7-16(8-4-13)21-18(24)12-26-17-9-5-15(6-10-17)11-20-22-19(25)14(2)23/h3-11,14,23H,12H2,1-2H3,(H,21,24)(H,22,25)/b20-11-/t14-/m0/s1. The maximum Gasteiger partial charge on any atom is 0.268 e. The highest BCUT2D eigenvalue weighted by Gasteiger charge is 2.06. The Morgan fingerprint density at radius 1 is 1.15 bits per heavy atom. The average molecular weight is 355 g/mol. The summed E-state index contributed by atoms with van der Waals surface area (Å²) >= 11 is 0. The number of aliphatic hydroxyl groups is 1. The quantitative estimate of drug-likeness (QED) is 0.521. The van der Waals surface area contributed by atoms with Crippen LogP contribution in [0, 0.1) is 6.92 Å². The number of anilines is 1. The number of rotatable bonds is 7. The second kappa shape index (κ2) is 9.33. The molecule has 0 saturated heterocycles. The van der Waals surface area contributed by atoms with Crippen LogP contribution in [0.15, 0.2) is 53.6 Å². The number of nitrogens with zero attached hydrogens (tertiary/aromatic N) is 1. The molecular weight excluding hydrogens is 334 g/mol. The molecule has 136 valence electrons. The Balaban J connectivity index is 1.79. The van der Waals surface area contributed by atoms with E-state index in [9.17, 15) is 9.59 Å². The summed E-state index contributed by atoms with van der Waals surface area (Å²) in [7, 11) is 0. The number of benzene rings is 2. The van der Waals surface area contributed by atoms with Gasteiger partial charge in [-0.1, -0.05) is 17.7 Å². The van der Waals surface area contributed by atoms with E-state index in [1.165, 1.54) is 13.1 Å². The van der Waals surface area contributed by atoms with Crippen molar-refractivity contribution in [1.82, 2.24) is 5.43 Å². The van der Waals surface area contributed by atoms with Crippen molar-refractivity contribution in [2.45, 2.75) is 20.0 Å². The third-order valence-corrected chi connectivity index (χ3v) is 3.35. The zero-order valence-electron chi connectivity index (χ0n) is 14.6. The van der Waals surface area contributed by atoms with E-state index in [4.69, 9.17) is 9.84 Å². The van der Waals surface area contributed by atoms with Gasteiger partial charge in [-0.15, -0.1) is 0 Å². The van der Waals surface area contributed by atoms with Crippen LogP contribution < -0.4 is 15.5 Å². The summed E-state index contributed by atoms with van der Waals surface area (Å²) in [5.74, 6) is -0.296. The van der Waals surface area contributed by atoms with Crippen LogP contribution in [0.2, 0.25) is 0 Å². The van der Waals surface area contributed by atoms with E-state index in [-0.39, 0.29) is 12.5 Å². The van der Waals surface area contributed by atoms with Crippen LogP contribution >= 0.6 is 0 Å². The Morgan fingerprint density at radius 2 is 1.81 bits per heavy atom. The fourth-order valence-electron chi connectivity index (χ4n) is 1.90. The molecule has 0 radical (unpaired) electrons. The molecule has 0 fully saturated rings. The molecule has 0 bridgehead atoms. The molecule has 0 saturated carbocycles. The molecule has 7 nitrogen and oxygen atoms in total. The summed E-state index contributed by atoms with van der Waals surface area (Å²) in [5.41, 5.74) is 4.77. The Bertz CT molecular complexity index is 768. The van der Waals surface area contributed by atoms with Gasteiger partial charge in [0.2, 0.25) is 0 Å². The molecular formula is C19H21N3O4. The highest BCUT2D eigenvalue weighted by molar-refractivity contribution is 5.91. The number of amides is 2. The molecule has 26 heavy (non-hydrogen) atoms. The molecule has 0 aliphatic rings. The van der Waals surface area contributed by atoms with Gasteiger partial charge in [0.25, 0.3) is 11.8 Å². The first kappa shape index (κ1) is 19.1. The minimum absolute atomic E-state index is 0.105. The molecule has 2 amide bonds. The molecule has 0 aliphatic heterocycles. The molecule has 0 spiro atoms. The van der Waals surface area contributed by atoms with E-state index in [1.54, 1.807) is 24.3 Å². The Morgan fingerprint density at radius 3 is 2.42 bits per heavy atom. The third kappa shape index (κ3) is 6.37. The van der Waals surface area contributed by atoms with Gasteiger partial charge in [-0.05, 0) is 55.8 Å². The van der Waals surface area contributed by atoms with E-state index in [2.05, 4.69) is 15.8 Å². The molecule has 0 aliphatic carbocycles. The van der Waals surface area contributed by atoms with Crippen molar-refractivity contribution >= 4 is 23.7 Å². The first-order valence-corrected chi connectivity index (χ1v) is 8.04. The summed E-state index contributed by atoms with van der Waals surface area (Å²) in [6.45, 7) is 3.22. The third-order valence-electron chi connectivity index (χ3n) is 3.35. The van der Waals surface area contributed by atoms with Crippen LogP contribution in [-0.2, 0) is 9.59 Å². The number of carbonyl (C=O) groups excluding carboxylic acids is 2. The van der Waals surface area contributed by atoms with Gasteiger partial charge in [0.1, 0.15) is 11.9 Å². The smallest absolute Gasteiger partial charge is 0.268 e. The summed E-state index contributed by atoms with van der Waals surface area (Å²) < 4.78 is 5.43. The molecule has 1 atom stereocenters. The lowest BCUT2D eigenvalue weighted by Crippen LogP contribution is -2.28. The number of hydrazone groups is 1. The van der Waals surface area contributed by atoms with E-state index >= 15 is 0 Å². The van der Waals surface area contributed by atoms with Crippen molar-refractivity contribution in [2.24, 2.45) is 5.10 Å². The number of carbonyl (C=O) groups is 2. The average Bonchev–Trinajstić information content (AvgIpc) is 2.63. The lowest BCUT2D eigenvalue weighted by Gasteiger charge is -2.08. The number of hydrogen-bond acceptors (Lipinski definition) is 5. The highest BCUT2D eigenvalue weighted by atomic mass is 16.5. The van der Waals surface area contributed by atoms with Gasteiger partial charge in [0, 0.05) is 5.69 Å². The molecule has 0 unspecified atom stereocenters. The minimum atomic E-state index is -1.12. The van der Waals surface area contributed by atoms with Crippen molar-refractivity contribution in [3.63, 3.8) is 0 Å². The molecule has 0 aromatic heterocycles. The van der Waals surface area contributed by atoms with E-state index in [0.29, 0.717) is 5.75 Å². The highest BCUT2D eigenvalue weighted by Crippen LogP contribution is 2.12. The van der Waals surface area contributed by atoms with E-state index in [1.807, 2.05) is 31.2 Å². The summed E-state index contributed by atoms with van der Waals surface area (Å²) in [6.07, 6.45) is 0.322. The van der Waals surface area contributed by atoms with Crippen molar-refractivity contribution in [3.05, 3.63) is 59.7 Å². The van der Waals surface area contributed by atoms with Gasteiger partial charge in [0.05, 0.1) is 6.21 Å². The molecule has 2 aromatic carbocycles. The van der Waals surface area contributed by atoms with Crippen molar-refractivity contribution in [3.8, 4) is 5.75 Å². The number of ether oxygens (including phenoxy) is 1. The zero-order chi connectivity index (χ0) is 18.9. The van der Waals surface area contributed by atoms with Gasteiger partial charge in [-0.25, -0.2) is 5.43 Å². The van der Waals surface area contributed by atoms with Crippen LogP contribution in [-0.4, -0.2) is 35.8 Å². The molecule has 2 aromatic rings. The Kier molecular flexibility index (Phi) is 6.87. The van der Waals surface area contributed by atoms with Gasteiger partial charge < -0.3 is 15.2 Å². The summed E-state index contributed by atoms with van der Waals surface area (Å²) in [4.78, 5) is 23.0. The van der Waals surface area contributed by atoms with Crippen molar-refractivity contribution in [2.75, 3.05) is 11.9 Å². The number of nitrogens with one attached hydrogen (secondary N) is 2. The first-order valence-electron chi connectivity index (χ1n) is 8.04. The summed E-state index contributed by atoms with van der Waals surface area (Å²) in [5, 5.41) is 15.5. The van der Waals surface area contributed by atoms with E-state index in [0.717, 1.165) is 16.8 Å². The Labute approximate surface area is 151 Å². The Hall–Kier alpha value is -3.19. The lowest BCUT2D eigenvalue weighted by atomic mass is 10.2. The van der Waals surface area contributed by atoms with Crippen LogP contribution in [0.3, 0.4) is 0 Å². The predicted octanol–water partition coefficient (Wildman–Crippen LogP) is 1.84. The van der Waals surface area contributed by atoms with Crippen LogP contribution in [0.1, 0.15) is 18.1 Å². The minimum Gasteiger partial charge on any atom is -0.484 e. The topological polar surface area (TPSA) is 100 Å². The van der Waals surface area contributed by atoms with Crippen LogP contribution in [0.5, 0.6) is 5.75 Å².